The number of sulfone groups is 1. The number of hydrogen-bond donors (Lipinski definition) is 0. The lowest BCUT2D eigenvalue weighted by atomic mass is 10.4. The lowest BCUT2D eigenvalue weighted by molar-refractivity contribution is -0.127. The zero-order chi connectivity index (χ0) is 13.6. The van der Waals surface area contributed by atoms with Crippen molar-refractivity contribution in [1.29, 1.82) is 0 Å². The molecule has 0 N–H and O–H groups in total. The first-order valence-corrected chi connectivity index (χ1v) is 7.94. The molecule has 0 bridgehead atoms. The molecular formula is C13H21NO3S. The first-order chi connectivity index (χ1) is 8.51. The molecule has 0 aromatic carbocycles. The normalized spacial score (nSPS) is 16.4. The molecule has 0 aromatic heterocycles. The van der Waals surface area contributed by atoms with Gasteiger partial charge in [-0.15, -0.1) is 13.2 Å². The van der Waals surface area contributed by atoms with Gasteiger partial charge in [-0.25, -0.2) is 8.42 Å². The van der Waals surface area contributed by atoms with Gasteiger partial charge in [0.2, 0.25) is 5.91 Å². The average Bonchev–Trinajstić information content (AvgIpc) is 2.82. The highest BCUT2D eigenvalue weighted by atomic mass is 32.2. The predicted octanol–water partition coefficient (Wildman–Crippen LogP) is 1.54. The molecule has 1 saturated carbocycles. The number of rotatable bonds is 7. The van der Waals surface area contributed by atoms with Crippen molar-refractivity contribution in [2.45, 2.75) is 30.9 Å². The van der Waals surface area contributed by atoms with E-state index < -0.39 is 9.84 Å². The second-order valence-electron chi connectivity index (χ2n) is 4.59. The van der Waals surface area contributed by atoms with Crippen molar-refractivity contribution in [1.82, 2.24) is 4.90 Å². The molecule has 1 fully saturated rings. The van der Waals surface area contributed by atoms with Crippen LogP contribution >= 0.6 is 0 Å². The first-order valence-electron chi connectivity index (χ1n) is 6.22. The molecule has 1 aliphatic carbocycles. The third-order valence-electron chi connectivity index (χ3n) is 3.19. The summed E-state index contributed by atoms with van der Waals surface area (Å²) in [6.07, 6.45) is 6.45. The maximum absolute atomic E-state index is 12.1. The molecule has 18 heavy (non-hydrogen) atoms. The molecule has 102 valence electrons. The second-order valence-corrected chi connectivity index (χ2v) is 6.87. The van der Waals surface area contributed by atoms with Crippen molar-refractivity contribution in [2.24, 2.45) is 0 Å². The molecule has 4 nitrogen and oxygen atoms in total. The molecule has 0 unspecified atom stereocenters. The molecular weight excluding hydrogens is 250 g/mol. The van der Waals surface area contributed by atoms with Gasteiger partial charge in [-0.1, -0.05) is 25.0 Å². The van der Waals surface area contributed by atoms with Gasteiger partial charge in [0.25, 0.3) is 0 Å². The molecule has 0 atom stereocenters. The second kappa shape index (κ2) is 6.73. The van der Waals surface area contributed by atoms with Crippen molar-refractivity contribution in [3.8, 4) is 0 Å². The largest absolute Gasteiger partial charge is 0.334 e. The van der Waals surface area contributed by atoms with Crippen LogP contribution in [0, 0.1) is 0 Å². The van der Waals surface area contributed by atoms with Gasteiger partial charge in [0.15, 0.2) is 9.84 Å². The number of hydrogen-bond acceptors (Lipinski definition) is 3. The van der Waals surface area contributed by atoms with Gasteiger partial charge in [0.05, 0.1) is 5.25 Å². The van der Waals surface area contributed by atoms with Gasteiger partial charge in [-0.3, -0.25) is 4.79 Å². The predicted molar refractivity (Wildman–Crippen MR) is 73.0 cm³/mol. The van der Waals surface area contributed by atoms with E-state index in [1.807, 2.05) is 0 Å². The van der Waals surface area contributed by atoms with Crippen LogP contribution in [0.1, 0.15) is 25.7 Å². The fraction of sp³-hybridized carbons (Fsp3) is 0.615. The maximum atomic E-state index is 12.1. The van der Waals surface area contributed by atoms with Crippen molar-refractivity contribution >= 4 is 15.7 Å². The number of nitrogens with zero attached hydrogens (tertiary/aromatic N) is 1. The van der Waals surface area contributed by atoms with E-state index in [0.29, 0.717) is 25.9 Å². The highest BCUT2D eigenvalue weighted by Crippen LogP contribution is 2.25. The van der Waals surface area contributed by atoms with E-state index in [-0.39, 0.29) is 16.9 Å². The molecule has 0 aromatic rings. The van der Waals surface area contributed by atoms with Crippen LogP contribution in [0.15, 0.2) is 25.3 Å². The molecule has 1 amide bonds. The maximum Gasteiger partial charge on any atom is 0.238 e. The van der Waals surface area contributed by atoms with E-state index in [1.165, 1.54) is 4.90 Å². The van der Waals surface area contributed by atoms with Crippen LogP contribution in [0.4, 0.5) is 0 Å². The summed E-state index contributed by atoms with van der Waals surface area (Å²) in [5, 5.41) is -0.323. The third kappa shape index (κ3) is 3.98. The Labute approximate surface area is 109 Å². The molecule has 0 radical (unpaired) electrons. The Morgan fingerprint density at radius 1 is 1.17 bits per heavy atom. The summed E-state index contributed by atoms with van der Waals surface area (Å²) < 4.78 is 24.1. The fourth-order valence-electron chi connectivity index (χ4n) is 2.22. The van der Waals surface area contributed by atoms with E-state index in [9.17, 15) is 13.2 Å². The van der Waals surface area contributed by atoms with Crippen molar-refractivity contribution in [2.75, 3.05) is 18.8 Å². The van der Waals surface area contributed by atoms with Crippen LogP contribution < -0.4 is 0 Å². The fourth-order valence-corrected chi connectivity index (χ4v) is 4.03. The average molecular weight is 271 g/mol. The molecule has 1 aliphatic rings. The van der Waals surface area contributed by atoms with E-state index in [1.54, 1.807) is 12.2 Å². The van der Waals surface area contributed by atoms with Gasteiger partial charge < -0.3 is 4.90 Å². The van der Waals surface area contributed by atoms with Crippen LogP contribution in [0.3, 0.4) is 0 Å². The molecule has 1 rings (SSSR count). The molecule has 0 spiro atoms. The van der Waals surface area contributed by atoms with Crippen molar-refractivity contribution < 1.29 is 13.2 Å². The van der Waals surface area contributed by atoms with Crippen molar-refractivity contribution in [3.63, 3.8) is 0 Å². The Balaban J connectivity index is 2.66. The summed E-state index contributed by atoms with van der Waals surface area (Å²) in [7, 11) is -3.30. The molecule has 0 aliphatic heterocycles. The summed E-state index contributed by atoms with van der Waals surface area (Å²) in [4.78, 5) is 13.4. The van der Waals surface area contributed by atoms with Crippen LogP contribution in [-0.2, 0) is 14.6 Å². The summed E-state index contributed by atoms with van der Waals surface area (Å²) in [6, 6.07) is 0. The van der Waals surface area contributed by atoms with Crippen LogP contribution in [-0.4, -0.2) is 43.3 Å². The standard InChI is InChI=1S/C13H21NO3S/c1-3-9-14(10-4-2)13(15)11-18(16,17)12-7-5-6-8-12/h3-4,12H,1-2,5-11H2. The minimum Gasteiger partial charge on any atom is -0.334 e. The summed E-state index contributed by atoms with van der Waals surface area (Å²) in [6.45, 7) is 7.83. The van der Waals surface area contributed by atoms with E-state index in [0.717, 1.165) is 12.8 Å². The summed E-state index contributed by atoms with van der Waals surface area (Å²) >= 11 is 0. The van der Waals surface area contributed by atoms with Crippen LogP contribution in [0.5, 0.6) is 0 Å². The zero-order valence-electron chi connectivity index (χ0n) is 10.7. The van der Waals surface area contributed by atoms with Gasteiger partial charge >= 0.3 is 0 Å². The monoisotopic (exact) mass is 271 g/mol. The van der Waals surface area contributed by atoms with Gasteiger partial charge in [-0.2, -0.15) is 0 Å². The molecule has 5 heteroatoms. The van der Waals surface area contributed by atoms with Crippen LogP contribution in [0.2, 0.25) is 0 Å². The van der Waals surface area contributed by atoms with E-state index in [2.05, 4.69) is 13.2 Å². The van der Waals surface area contributed by atoms with Crippen molar-refractivity contribution in [3.05, 3.63) is 25.3 Å². The Kier molecular flexibility index (Phi) is 5.59. The Bertz CT molecular complexity index is 398. The quantitative estimate of drug-likeness (QED) is 0.660. The smallest absolute Gasteiger partial charge is 0.238 e. The van der Waals surface area contributed by atoms with Gasteiger partial charge in [-0.05, 0) is 12.8 Å². The highest BCUT2D eigenvalue weighted by molar-refractivity contribution is 7.92. The molecule has 0 heterocycles. The summed E-state index contributed by atoms with van der Waals surface area (Å²) in [5.74, 6) is -0.749. The number of carbonyl (C=O) groups is 1. The Morgan fingerprint density at radius 3 is 2.11 bits per heavy atom. The summed E-state index contributed by atoms with van der Waals surface area (Å²) in [5.41, 5.74) is 0. The van der Waals surface area contributed by atoms with E-state index >= 15 is 0 Å². The van der Waals surface area contributed by atoms with Crippen LogP contribution in [0.25, 0.3) is 0 Å². The lowest BCUT2D eigenvalue weighted by Crippen LogP contribution is -2.38. The molecule has 0 saturated heterocycles. The highest BCUT2D eigenvalue weighted by Gasteiger charge is 2.31. The van der Waals surface area contributed by atoms with Gasteiger partial charge in [0, 0.05) is 13.1 Å². The SMILES string of the molecule is C=CCN(CC=C)C(=O)CS(=O)(=O)C1CCCC1. The lowest BCUT2D eigenvalue weighted by Gasteiger charge is -2.20. The number of carbonyl (C=O) groups excluding carboxylic acids is 1. The van der Waals surface area contributed by atoms with E-state index in [4.69, 9.17) is 0 Å². The first kappa shape index (κ1) is 15.0. The topological polar surface area (TPSA) is 54.5 Å². The zero-order valence-corrected chi connectivity index (χ0v) is 11.5. The minimum atomic E-state index is -3.30. The third-order valence-corrected chi connectivity index (χ3v) is 5.32. The van der Waals surface area contributed by atoms with Gasteiger partial charge in [0.1, 0.15) is 5.75 Å². The minimum absolute atomic E-state index is 0.323. The Morgan fingerprint density at radius 2 is 1.67 bits per heavy atom. The Hall–Kier alpha value is -1.10. The number of amides is 1.